The molecule has 7 atom stereocenters. The van der Waals surface area contributed by atoms with Gasteiger partial charge in [0.1, 0.15) is 0 Å². The van der Waals surface area contributed by atoms with Crippen molar-refractivity contribution in [3.8, 4) is 0 Å². The van der Waals surface area contributed by atoms with Crippen LogP contribution in [0, 0.1) is 59.2 Å². The number of carbonyl (C=O) groups excluding carboxylic acids is 1. The zero-order valence-electron chi connectivity index (χ0n) is 18.5. The van der Waals surface area contributed by atoms with E-state index in [9.17, 15) is 4.79 Å². The van der Waals surface area contributed by atoms with E-state index in [1.54, 1.807) is 0 Å². The topological polar surface area (TPSA) is 35.5 Å². The van der Waals surface area contributed by atoms with Gasteiger partial charge in [0.2, 0.25) is 0 Å². The number of esters is 1. The van der Waals surface area contributed by atoms with Crippen molar-refractivity contribution in [2.75, 3.05) is 6.79 Å². The summed E-state index contributed by atoms with van der Waals surface area (Å²) in [5, 5.41) is 0. The third-order valence-corrected chi connectivity index (χ3v) is 10.7. The molecule has 0 heterocycles. The highest BCUT2D eigenvalue weighted by Gasteiger charge is 2.61. The largest absolute Gasteiger partial charge is 0.438 e. The molecule has 7 saturated carbocycles. The quantitative estimate of drug-likeness (QED) is 0.416. The van der Waals surface area contributed by atoms with Gasteiger partial charge in [-0.15, -0.1) is 0 Å². The third kappa shape index (κ3) is 2.96. The third-order valence-electron chi connectivity index (χ3n) is 10.7. The first-order valence-corrected chi connectivity index (χ1v) is 12.9. The highest BCUT2D eigenvalue weighted by atomic mass is 16.7. The van der Waals surface area contributed by atoms with Gasteiger partial charge >= 0.3 is 5.97 Å². The van der Waals surface area contributed by atoms with Gasteiger partial charge in [0, 0.05) is 0 Å². The molecule has 29 heavy (non-hydrogen) atoms. The molecular weight excluding hydrogens is 360 g/mol. The summed E-state index contributed by atoms with van der Waals surface area (Å²) in [4.78, 5) is 13.1. The van der Waals surface area contributed by atoms with Gasteiger partial charge in [-0.05, 0) is 111 Å². The van der Waals surface area contributed by atoms with Crippen LogP contribution in [0.3, 0.4) is 0 Å². The van der Waals surface area contributed by atoms with E-state index in [0.29, 0.717) is 5.92 Å². The summed E-state index contributed by atoms with van der Waals surface area (Å²) in [6.07, 6.45) is 14.3. The number of carbonyl (C=O) groups is 1. The van der Waals surface area contributed by atoms with Gasteiger partial charge in [0.05, 0.1) is 11.5 Å². The van der Waals surface area contributed by atoms with Gasteiger partial charge in [-0.25, -0.2) is 0 Å². The maximum atomic E-state index is 13.1. The highest BCUT2D eigenvalue weighted by Crippen LogP contribution is 2.65. The minimum absolute atomic E-state index is 0.0436. The number of hydrogen-bond donors (Lipinski definition) is 0. The van der Waals surface area contributed by atoms with Crippen molar-refractivity contribution >= 4 is 5.97 Å². The molecule has 0 aromatic carbocycles. The molecule has 0 amide bonds. The maximum Gasteiger partial charge on any atom is 0.311 e. The molecule has 3 nitrogen and oxygen atoms in total. The Kier molecular flexibility index (Phi) is 4.60. The van der Waals surface area contributed by atoms with Gasteiger partial charge in [-0.3, -0.25) is 4.79 Å². The maximum absolute atomic E-state index is 13.1. The summed E-state index contributed by atoms with van der Waals surface area (Å²) in [6, 6.07) is 0. The van der Waals surface area contributed by atoms with E-state index in [1.807, 2.05) is 0 Å². The summed E-state index contributed by atoms with van der Waals surface area (Å²) in [6.45, 7) is 4.94. The molecule has 162 valence electrons. The lowest BCUT2D eigenvalue weighted by molar-refractivity contribution is -0.213. The highest BCUT2D eigenvalue weighted by molar-refractivity contribution is 5.73. The normalized spacial score (nSPS) is 54.1. The number of rotatable bonds is 6. The molecule has 0 spiro atoms. The Morgan fingerprint density at radius 1 is 0.828 bits per heavy atom. The van der Waals surface area contributed by atoms with Crippen LogP contribution in [0.5, 0.6) is 0 Å². The number of hydrogen-bond acceptors (Lipinski definition) is 3. The van der Waals surface area contributed by atoms with E-state index in [1.165, 1.54) is 64.2 Å². The summed E-state index contributed by atoms with van der Waals surface area (Å²) in [5.74, 6) is 7.69. The van der Waals surface area contributed by atoms with E-state index in [4.69, 9.17) is 9.47 Å². The minimum atomic E-state index is 0.0436. The lowest BCUT2D eigenvalue weighted by Gasteiger charge is -2.56. The SMILES string of the molecule is CCC1CC(CC)C2C3CC(CC3C(=O)OCOC34CC5CC(CC(C5)C3)C4)C12. The van der Waals surface area contributed by atoms with E-state index in [2.05, 4.69) is 13.8 Å². The van der Waals surface area contributed by atoms with Crippen LogP contribution in [-0.4, -0.2) is 18.4 Å². The van der Waals surface area contributed by atoms with E-state index >= 15 is 0 Å². The van der Waals surface area contributed by atoms with Crippen molar-refractivity contribution in [2.24, 2.45) is 59.2 Å². The first-order chi connectivity index (χ1) is 14.1. The Morgan fingerprint density at radius 3 is 2.07 bits per heavy atom. The molecule has 6 bridgehead atoms. The standard InChI is InChI=1S/C26H40O3/c1-3-18-8-19(4-2)24-21-9-20(23(18)24)10-22(21)25(27)28-14-29-26-11-15-5-16(12-26)7-17(6-15)13-26/h15-24H,3-14H2,1-2H3. The lowest BCUT2D eigenvalue weighted by atomic mass is 9.54. The average molecular weight is 401 g/mol. The zero-order chi connectivity index (χ0) is 19.8. The molecule has 0 aromatic rings. The Labute approximate surface area is 176 Å². The first kappa shape index (κ1) is 19.1. The first-order valence-electron chi connectivity index (χ1n) is 12.9. The lowest BCUT2D eigenvalue weighted by Crippen LogP contribution is -2.52. The van der Waals surface area contributed by atoms with Crippen LogP contribution in [0.1, 0.15) is 84.5 Å². The van der Waals surface area contributed by atoms with Crippen molar-refractivity contribution in [3.63, 3.8) is 0 Å². The minimum Gasteiger partial charge on any atom is -0.438 e. The van der Waals surface area contributed by atoms with Crippen molar-refractivity contribution < 1.29 is 14.3 Å². The van der Waals surface area contributed by atoms with E-state index in [-0.39, 0.29) is 24.3 Å². The predicted molar refractivity (Wildman–Crippen MR) is 112 cm³/mol. The second kappa shape index (κ2) is 6.97. The van der Waals surface area contributed by atoms with Gasteiger partial charge in [-0.1, -0.05) is 26.7 Å². The molecule has 0 saturated heterocycles. The molecule has 0 aliphatic heterocycles. The van der Waals surface area contributed by atoms with Crippen molar-refractivity contribution in [3.05, 3.63) is 0 Å². The molecule has 0 radical (unpaired) electrons. The molecule has 7 aliphatic rings. The number of ether oxygens (including phenoxy) is 2. The number of fused-ring (bicyclic) bond motifs is 5. The molecule has 7 fully saturated rings. The van der Waals surface area contributed by atoms with Gasteiger partial charge in [0.15, 0.2) is 6.79 Å². The van der Waals surface area contributed by atoms with Crippen molar-refractivity contribution in [1.29, 1.82) is 0 Å². The smallest absolute Gasteiger partial charge is 0.311 e. The van der Waals surface area contributed by atoms with Crippen molar-refractivity contribution in [2.45, 2.75) is 90.1 Å². The fourth-order valence-corrected chi connectivity index (χ4v) is 10.2. The van der Waals surface area contributed by atoms with Crippen molar-refractivity contribution in [1.82, 2.24) is 0 Å². The second-order valence-electron chi connectivity index (χ2n) is 12.1. The van der Waals surface area contributed by atoms with Crippen LogP contribution in [0.25, 0.3) is 0 Å². The molecule has 3 heteroatoms. The Morgan fingerprint density at radius 2 is 1.45 bits per heavy atom. The van der Waals surface area contributed by atoms with E-state index < -0.39 is 0 Å². The Bertz CT molecular complexity index is 621. The van der Waals surface area contributed by atoms with Gasteiger partial charge in [0.25, 0.3) is 0 Å². The van der Waals surface area contributed by atoms with Crippen LogP contribution >= 0.6 is 0 Å². The molecule has 7 rings (SSSR count). The van der Waals surface area contributed by atoms with Crippen LogP contribution in [0.4, 0.5) is 0 Å². The molecule has 7 unspecified atom stereocenters. The monoisotopic (exact) mass is 400 g/mol. The summed E-state index contributed by atoms with van der Waals surface area (Å²) >= 11 is 0. The molecule has 0 aromatic heterocycles. The van der Waals surface area contributed by atoms with E-state index in [0.717, 1.165) is 53.8 Å². The second-order valence-corrected chi connectivity index (χ2v) is 12.1. The Balaban J connectivity index is 1.07. The zero-order valence-corrected chi connectivity index (χ0v) is 18.5. The molecular formula is C26H40O3. The average Bonchev–Trinajstić information content (AvgIpc) is 3.37. The summed E-state index contributed by atoms with van der Waals surface area (Å²) in [5.41, 5.74) is 0.0436. The van der Waals surface area contributed by atoms with Crippen LogP contribution in [-0.2, 0) is 14.3 Å². The fraction of sp³-hybridized carbons (Fsp3) is 0.962. The van der Waals surface area contributed by atoms with Crippen LogP contribution < -0.4 is 0 Å². The fourth-order valence-electron chi connectivity index (χ4n) is 10.2. The van der Waals surface area contributed by atoms with Gasteiger partial charge in [-0.2, -0.15) is 0 Å². The summed E-state index contributed by atoms with van der Waals surface area (Å²) in [7, 11) is 0. The predicted octanol–water partition coefficient (Wildman–Crippen LogP) is 5.82. The van der Waals surface area contributed by atoms with Crippen LogP contribution in [0.2, 0.25) is 0 Å². The van der Waals surface area contributed by atoms with Gasteiger partial charge < -0.3 is 9.47 Å². The van der Waals surface area contributed by atoms with Crippen LogP contribution in [0.15, 0.2) is 0 Å². The molecule has 7 aliphatic carbocycles. The Hall–Kier alpha value is -0.570. The molecule has 0 N–H and O–H groups in total. The summed E-state index contributed by atoms with van der Waals surface area (Å²) < 4.78 is 12.2.